The van der Waals surface area contributed by atoms with E-state index in [0.29, 0.717) is 0 Å². The van der Waals surface area contributed by atoms with Crippen LogP contribution in [-0.2, 0) is 0 Å². The van der Waals surface area contributed by atoms with E-state index in [4.69, 9.17) is 0 Å². The molecule has 0 amide bonds. The van der Waals surface area contributed by atoms with Gasteiger partial charge in [0.1, 0.15) is 0 Å². The molecule has 0 N–H and O–H groups in total. The van der Waals surface area contributed by atoms with Gasteiger partial charge in [-0.25, -0.2) is 17.6 Å². The van der Waals surface area contributed by atoms with Crippen LogP contribution in [0, 0.1) is 23.3 Å². The molecule has 0 spiro atoms. The Balaban J connectivity index is 3.79. The van der Waals surface area contributed by atoms with Gasteiger partial charge in [-0.1, -0.05) is 39.3 Å². The van der Waals surface area contributed by atoms with E-state index in [-0.39, 0.29) is 10.4 Å². The van der Waals surface area contributed by atoms with E-state index in [1.165, 1.54) is 0 Å². The molecule has 0 fully saturated rings. The van der Waals surface area contributed by atoms with Crippen LogP contribution in [0.3, 0.4) is 0 Å². The van der Waals surface area contributed by atoms with Crippen molar-refractivity contribution in [2.45, 2.75) is 39.3 Å². The highest BCUT2D eigenvalue weighted by Gasteiger charge is 2.36. The van der Waals surface area contributed by atoms with Crippen molar-refractivity contribution in [3.05, 3.63) is 23.3 Å². The average Bonchev–Trinajstić information content (AvgIpc) is 2.10. The van der Waals surface area contributed by atoms with Gasteiger partial charge in [-0.15, -0.1) is 0 Å². The van der Waals surface area contributed by atoms with Gasteiger partial charge in [0.15, 0.2) is 23.3 Å². The van der Waals surface area contributed by atoms with E-state index < -0.39 is 39.4 Å². The van der Waals surface area contributed by atoms with Crippen LogP contribution in [-0.4, -0.2) is 16.1 Å². The molecule has 1 aromatic rings. The van der Waals surface area contributed by atoms with Crippen molar-refractivity contribution >= 4 is 26.5 Å². The average molecular weight is 294 g/mol. The summed E-state index contributed by atoms with van der Waals surface area (Å²) >= 11 is 0. The molecule has 0 atom stereocenters. The lowest BCUT2D eigenvalue weighted by Crippen LogP contribution is -2.51. The smallest absolute Gasteiger partial charge is 0.161 e. The Hall–Kier alpha value is -0.626. The van der Waals surface area contributed by atoms with Crippen molar-refractivity contribution < 1.29 is 17.6 Å². The van der Waals surface area contributed by atoms with E-state index in [1.54, 1.807) is 39.3 Å². The summed E-state index contributed by atoms with van der Waals surface area (Å²) < 4.78 is 56.0. The fourth-order valence-electron chi connectivity index (χ4n) is 1.95. The highest BCUT2D eigenvalue weighted by Crippen LogP contribution is 2.18. The van der Waals surface area contributed by atoms with Crippen LogP contribution in [0.2, 0.25) is 39.3 Å². The predicted molar refractivity (Wildman–Crippen MR) is 72.2 cm³/mol. The zero-order chi connectivity index (χ0) is 14.5. The van der Waals surface area contributed by atoms with Crippen LogP contribution in [0.15, 0.2) is 0 Å². The van der Waals surface area contributed by atoms with Gasteiger partial charge in [0.25, 0.3) is 0 Å². The number of hydrogen-bond donors (Lipinski definition) is 0. The van der Waals surface area contributed by atoms with Crippen molar-refractivity contribution in [2.24, 2.45) is 0 Å². The molecule has 0 bridgehead atoms. The third-order valence-electron chi connectivity index (χ3n) is 2.76. The van der Waals surface area contributed by atoms with Gasteiger partial charge >= 0.3 is 0 Å². The largest absolute Gasteiger partial charge is 0.204 e. The minimum Gasteiger partial charge on any atom is -0.204 e. The monoisotopic (exact) mass is 294 g/mol. The fourth-order valence-corrected chi connectivity index (χ4v) is 5.02. The third-order valence-corrected chi connectivity index (χ3v) is 6.64. The van der Waals surface area contributed by atoms with E-state index in [1.807, 2.05) is 0 Å². The first-order chi connectivity index (χ1) is 7.89. The predicted octanol–water partition coefficient (Wildman–Crippen LogP) is 3.33. The van der Waals surface area contributed by atoms with E-state index in [0.717, 1.165) is 0 Å². The van der Waals surface area contributed by atoms with E-state index in [9.17, 15) is 17.6 Å². The molecular formula is C12H18F4Si2. The van der Waals surface area contributed by atoms with Crippen LogP contribution >= 0.6 is 0 Å². The molecule has 0 heterocycles. The first-order valence-corrected chi connectivity index (χ1v) is 12.8. The third kappa shape index (κ3) is 2.54. The summed E-state index contributed by atoms with van der Waals surface area (Å²) in [7, 11) is -4.96. The van der Waals surface area contributed by atoms with E-state index in [2.05, 4.69) is 0 Å². The Labute approximate surface area is 107 Å². The Kier molecular flexibility index (Phi) is 3.85. The van der Waals surface area contributed by atoms with Gasteiger partial charge in [0, 0.05) is 10.4 Å². The second-order valence-electron chi connectivity index (χ2n) is 6.51. The summed E-state index contributed by atoms with van der Waals surface area (Å²) in [4.78, 5) is 0. The molecule has 18 heavy (non-hydrogen) atoms. The lowest BCUT2D eigenvalue weighted by Gasteiger charge is -2.24. The molecule has 0 unspecified atom stereocenters. The highest BCUT2D eigenvalue weighted by molar-refractivity contribution is 6.90. The molecule has 6 heteroatoms. The summed E-state index contributed by atoms with van der Waals surface area (Å²) in [6.07, 6.45) is 0. The van der Waals surface area contributed by atoms with Crippen LogP contribution < -0.4 is 10.4 Å². The Morgan fingerprint density at radius 3 is 0.778 bits per heavy atom. The quantitative estimate of drug-likeness (QED) is 0.446. The van der Waals surface area contributed by atoms with Gasteiger partial charge in [0.2, 0.25) is 0 Å². The van der Waals surface area contributed by atoms with Crippen molar-refractivity contribution in [3.63, 3.8) is 0 Å². The second-order valence-corrected chi connectivity index (χ2v) is 16.5. The van der Waals surface area contributed by atoms with Crippen LogP contribution in [0.25, 0.3) is 0 Å². The first kappa shape index (κ1) is 15.4. The summed E-state index contributed by atoms with van der Waals surface area (Å²) in [5.74, 6) is -4.81. The first-order valence-electron chi connectivity index (χ1n) is 5.76. The molecule has 0 saturated carbocycles. The summed E-state index contributed by atoms with van der Waals surface area (Å²) in [5, 5.41) is -0.779. The maximum atomic E-state index is 14.0. The van der Waals surface area contributed by atoms with Gasteiger partial charge < -0.3 is 0 Å². The molecule has 1 aromatic carbocycles. The molecule has 0 aliphatic rings. The minimum atomic E-state index is -2.48. The Bertz CT molecular complexity index is 410. The number of hydrogen-bond acceptors (Lipinski definition) is 0. The van der Waals surface area contributed by atoms with Crippen LogP contribution in [0.4, 0.5) is 17.6 Å². The van der Waals surface area contributed by atoms with Crippen molar-refractivity contribution in [3.8, 4) is 0 Å². The molecule has 0 aliphatic heterocycles. The second kappa shape index (κ2) is 4.49. The number of benzene rings is 1. The van der Waals surface area contributed by atoms with E-state index >= 15 is 0 Å². The Morgan fingerprint density at radius 1 is 0.500 bits per heavy atom. The molecule has 0 nitrogen and oxygen atoms in total. The summed E-state index contributed by atoms with van der Waals surface area (Å²) in [6, 6.07) is 0. The lowest BCUT2D eigenvalue weighted by atomic mass is 10.3. The van der Waals surface area contributed by atoms with Crippen LogP contribution in [0.5, 0.6) is 0 Å². The SMILES string of the molecule is C[Si](C)(C)c1c(F)c(F)c([Si](C)(C)C)c(F)c1F. The topological polar surface area (TPSA) is 0 Å². The van der Waals surface area contributed by atoms with Crippen molar-refractivity contribution in [1.82, 2.24) is 0 Å². The molecule has 0 aliphatic carbocycles. The number of rotatable bonds is 2. The maximum Gasteiger partial charge on any atom is 0.161 e. The zero-order valence-electron chi connectivity index (χ0n) is 11.5. The lowest BCUT2D eigenvalue weighted by molar-refractivity contribution is 0.471. The molecule has 102 valence electrons. The highest BCUT2D eigenvalue weighted by atomic mass is 28.3. The molecule has 0 saturated heterocycles. The molecule has 1 rings (SSSR count). The standard InChI is InChI=1S/C12H18F4Si2/c1-17(2,3)11-7(13)9(15)12(18(4,5)6)10(16)8(11)14/h1-6H3. The molecular weight excluding hydrogens is 276 g/mol. The Morgan fingerprint density at radius 2 is 0.667 bits per heavy atom. The normalized spacial score (nSPS) is 13.0. The van der Waals surface area contributed by atoms with Gasteiger partial charge in [-0.2, -0.15) is 0 Å². The van der Waals surface area contributed by atoms with Gasteiger partial charge in [0.05, 0.1) is 16.1 Å². The maximum absolute atomic E-state index is 14.0. The van der Waals surface area contributed by atoms with Crippen molar-refractivity contribution in [2.75, 3.05) is 0 Å². The van der Waals surface area contributed by atoms with Gasteiger partial charge in [-0.05, 0) is 0 Å². The van der Waals surface area contributed by atoms with Crippen molar-refractivity contribution in [1.29, 1.82) is 0 Å². The fraction of sp³-hybridized carbons (Fsp3) is 0.500. The summed E-state index contributed by atoms with van der Waals surface area (Å²) in [6.45, 7) is 9.93. The number of halogens is 4. The molecule has 0 aromatic heterocycles. The molecule has 0 radical (unpaired) electrons. The van der Waals surface area contributed by atoms with Crippen LogP contribution in [0.1, 0.15) is 0 Å². The zero-order valence-corrected chi connectivity index (χ0v) is 13.5. The minimum absolute atomic E-state index is 0.389. The van der Waals surface area contributed by atoms with Gasteiger partial charge in [-0.3, -0.25) is 0 Å². The summed E-state index contributed by atoms with van der Waals surface area (Å²) in [5.41, 5.74) is 0.